The standard InChI is InChI=1S/C9H23O16P3/c10-1-7(11)2-22-27(17,18)24-5-9(13)6-25-28(19,20)23-4-8(12)3-21-26(14,15)16/h7-13H,1-6H2,(H,17,18)(H,19,20)(H2,14,15,16). The molecule has 0 aliphatic carbocycles. The summed E-state index contributed by atoms with van der Waals surface area (Å²) in [7, 11) is -14.3. The lowest BCUT2D eigenvalue weighted by atomic mass is 10.4. The van der Waals surface area contributed by atoms with E-state index in [9.17, 15) is 33.7 Å². The predicted octanol–water partition coefficient (Wildman–Crippen LogP) is -2.56. The van der Waals surface area contributed by atoms with Crippen LogP contribution in [0.2, 0.25) is 0 Å². The van der Waals surface area contributed by atoms with Gasteiger partial charge in [0.05, 0.1) is 39.6 Å². The molecule has 0 saturated carbocycles. The van der Waals surface area contributed by atoms with Crippen molar-refractivity contribution in [3.8, 4) is 0 Å². The minimum Gasteiger partial charge on any atom is -0.394 e. The molecule has 170 valence electrons. The average Bonchev–Trinajstić information content (AvgIpc) is 2.59. The van der Waals surface area contributed by atoms with Gasteiger partial charge in [0.15, 0.2) is 0 Å². The molecule has 0 aliphatic rings. The minimum atomic E-state index is -4.85. The monoisotopic (exact) mass is 480 g/mol. The van der Waals surface area contributed by atoms with Crippen molar-refractivity contribution in [3.63, 3.8) is 0 Å². The maximum atomic E-state index is 11.5. The second-order valence-corrected chi connectivity index (χ2v) is 9.20. The molecule has 0 spiro atoms. The topological polar surface area (TPSA) is 259 Å². The Hall–Kier alpha value is 0.170. The van der Waals surface area contributed by atoms with E-state index in [2.05, 4.69) is 22.6 Å². The first-order valence-electron chi connectivity index (χ1n) is 7.24. The summed E-state index contributed by atoms with van der Waals surface area (Å²) in [4.78, 5) is 35.4. The van der Waals surface area contributed by atoms with E-state index < -0.39 is 81.4 Å². The molecule has 19 heteroatoms. The second kappa shape index (κ2) is 12.8. The third kappa shape index (κ3) is 16.0. The van der Waals surface area contributed by atoms with Crippen molar-refractivity contribution in [1.29, 1.82) is 0 Å². The molecular formula is C9H23O16P3. The van der Waals surface area contributed by atoms with Crippen molar-refractivity contribution >= 4 is 23.5 Å². The van der Waals surface area contributed by atoms with E-state index in [-0.39, 0.29) is 0 Å². The molecule has 0 radical (unpaired) electrons. The van der Waals surface area contributed by atoms with Gasteiger partial charge in [-0.15, -0.1) is 0 Å². The highest BCUT2D eigenvalue weighted by Gasteiger charge is 2.28. The molecular weight excluding hydrogens is 457 g/mol. The molecule has 16 nitrogen and oxygen atoms in total. The first-order chi connectivity index (χ1) is 12.7. The molecule has 0 rings (SSSR count). The van der Waals surface area contributed by atoms with E-state index in [1.165, 1.54) is 0 Å². The highest BCUT2D eigenvalue weighted by Crippen LogP contribution is 2.45. The van der Waals surface area contributed by atoms with Crippen LogP contribution in [0.25, 0.3) is 0 Å². The Labute approximate surface area is 158 Å². The van der Waals surface area contributed by atoms with Crippen molar-refractivity contribution in [2.45, 2.75) is 18.3 Å². The third-order valence-electron chi connectivity index (χ3n) is 2.37. The average molecular weight is 480 g/mol. The van der Waals surface area contributed by atoms with Gasteiger partial charge in [-0.1, -0.05) is 0 Å². The third-order valence-corrected chi connectivity index (χ3v) is 4.75. The quantitative estimate of drug-likeness (QED) is 0.106. The van der Waals surface area contributed by atoms with E-state index in [4.69, 9.17) is 20.0 Å². The molecule has 28 heavy (non-hydrogen) atoms. The fraction of sp³-hybridized carbons (Fsp3) is 1.00. The van der Waals surface area contributed by atoms with Gasteiger partial charge in [0.2, 0.25) is 0 Å². The van der Waals surface area contributed by atoms with Gasteiger partial charge in [-0.2, -0.15) is 0 Å². The highest BCUT2D eigenvalue weighted by atomic mass is 31.2. The molecule has 5 unspecified atom stereocenters. The molecule has 0 amide bonds. The predicted molar refractivity (Wildman–Crippen MR) is 86.6 cm³/mol. The summed E-state index contributed by atoms with van der Waals surface area (Å²) in [5.41, 5.74) is 0. The Morgan fingerprint density at radius 1 is 0.571 bits per heavy atom. The van der Waals surface area contributed by atoms with Crippen molar-refractivity contribution < 1.29 is 76.3 Å². The zero-order chi connectivity index (χ0) is 22.0. The summed E-state index contributed by atoms with van der Waals surface area (Å²) < 4.78 is 54.5. The molecule has 0 aromatic carbocycles. The smallest absolute Gasteiger partial charge is 0.394 e. The van der Waals surface area contributed by atoms with Crippen LogP contribution in [-0.4, -0.2) is 98.0 Å². The molecule has 0 aromatic rings. The van der Waals surface area contributed by atoms with Crippen molar-refractivity contribution in [3.05, 3.63) is 0 Å². The van der Waals surface area contributed by atoms with Gasteiger partial charge in [-0.25, -0.2) is 13.7 Å². The molecule has 8 N–H and O–H groups in total. The fourth-order valence-electron chi connectivity index (χ4n) is 1.13. The van der Waals surface area contributed by atoms with Crippen LogP contribution in [0.5, 0.6) is 0 Å². The summed E-state index contributed by atoms with van der Waals surface area (Å²) in [5.74, 6) is 0. The van der Waals surface area contributed by atoms with E-state index in [1.54, 1.807) is 0 Å². The normalized spacial score (nSPS) is 20.1. The minimum absolute atomic E-state index is 0.732. The number of rotatable bonds is 16. The van der Waals surface area contributed by atoms with Crippen molar-refractivity contribution in [2.24, 2.45) is 0 Å². The van der Waals surface area contributed by atoms with Crippen LogP contribution in [-0.2, 0) is 36.3 Å². The summed E-state index contributed by atoms with van der Waals surface area (Å²) in [5, 5.41) is 36.2. The van der Waals surface area contributed by atoms with Crippen LogP contribution in [0.1, 0.15) is 0 Å². The van der Waals surface area contributed by atoms with Crippen molar-refractivity contribution in [2.75, 3.05) is 39.6 Å². The Morgan fingerprint density at radius 2 is 0.857 bits per heavy atom. The molecule has 5 atom stereocenters. The number of hydrogen-bond acceptors (Lipinski definition) is 12. The van der Waals surface area contributed by atoms with Crippen LogP contribution in [0, 0.1) is 0 Å². The first kappa shape index (κ1) is 28.2. The van der Waals surface area contributed by atoms with E-state index in [1.807, 2.05) is 0 Å². The van der Waals surface area contributed by atoms with Gasteiger partial charge < -0.3 is 40.0 Å². The molecule has 0 aromatic heterocycles. The summed E-state index contributed by atoms with van der Waals surface area (Å²) in [6.45, 7) is -5.08. The largest absolute Gasteiger partial charge is 0.472 e. The maximum Gasteiger partial charge on any atom is 0.472 e. The van der Waals surface area contributed by atoms with Crippen molar-refractivity contribution in [1.82, 2.24) is 0 Å². The van der Waals surface area contributed by atoms with Gasteiger partial charge >= 0.3 is 23.5 Å². The van der Waals surface area contributed by atoms with Crippen LogP contribution >= 0.6 is 23.5 Å². The van der Waals surface area contributed by atoms with E-state index in [0.29, 0.717) is 0 Å². The van der Waals surface area contributed by atoms with Crippen LogP contribution in [0.4, 0.5) is 0 Å². The number of aliphatic hydroxyl groups is 4. The molecule has 0 fully saturated rings. The van der Waals surface area contributed by atoms with Gasteiger partial charge in [-0.3, -0.25) is 22.6 Å². The lowest BCUT2D eigenvalue weighted by Crippen LogP contribution is -2.23. The van der Waals surface area contributed by atoms with Gasteiger partial charge in [0.25, 0.3) is 0 Å². The number of phosphoric acid groups is 3. The summed E-state index contributed by atoms with van der Waals surface area (Å²) >= 11 is 0. The lowest BCUT2D eigenvalue weighted by molar-refractivity contribution is 0.00696. The Balaban J connectivity index is 4.17. The Bertz CT molecular complexity index is 578. The van der Waals surface area contributed by atoms with E-state index >= 15 is 0 Å². The first-order valence-corrected chi connectivity index (χ1v) is 11.8. The Morgan fingerprint density at radius 3 is 1.14 bits per heavy atom. The van der Waals surface area contributed by atoms with Gasteiger partial charge in [0, 0.05) is 0 Å². The van der Waals surface area contributed by atoms with Crippen LogP contribution < -0.4 is 0 Å². The second-order valence-electron chi connectivity index (χ2n) is 5.05. The number of phosphoric ester groups is 3. The SMILES string of the molecule is O=P(O)(O)OCC(O)COP(=O)(O)OCC(O)COP(=O)(O)OCC(O)CO. The van der Waals surface area contributed by atoms with Gasteiger partial charge in [-0.05, 0) is 0 Å². The molecule has 0 aliphatic heterocycles. The fourth-order valence-corrected chi connectivity index (χ4v) is 3.08. The summed E-state index contributed by atoms with van der Waals surface area (Å²) in [6.07, 6.45) is -4.81. The zero-order valence-corrected chi connectivity index (χ0v) is 16.8. The number of aliphatic hydroxyl groups excluding tert-OH is 4. The zero-order valence-electron chi connectivity index (χ0n) is 14.2. The highest BCUT2D eigenvalue weighted by molar-refractivity contribution is 7.47. The van der Waals surface area contributed by atoms with Crippen LogP contribution in [0.3, 0.4) is 0 Å². The maximum absolute atomic E-state index is 11.5. The van der Waals surface area contributed by atoms with E-state index in [0.717, 1.165) is 0 Å². The Kier molecular flexibility index (Phi) is 12.8. The van der Waals surface area contributed by atoms with Gasteiger partial charge in [0.1, 0.15) is 18.3 Å². The molecule has 0 bridgehead atoms. The lowest BCUT2D eigenvalue weighted by Gasteiger charge is -2.18. The van der Waals surface area contributed by atoms with Crippen LogP contribution in [0.15, 0.2) is 0 Å². The molecule has 0 saturated heterocycles. The number of hydrogen-bond donors (Lipinski definition) is 8. The molecule has 0 heterocycles. The summed E-state index contributed by atoms with van der Waals surface area (Å²) in [6, 6.07) is 0.